The van der Waals surface area contributed by atoms with Crippen LogP contribution in [0.25, 0.3) is 0 Å². The van der Waals surface area contributed by atoms with E-state index < -0.39 is 0 Å². The predicted octanol–water partition coefficient (Wildman–Crippen LogP) is 1.73. The molecule has 0 saturated heterocycles. The number of rotatable bonds is 3. The minimum atomic E-state index is 0.641. The van der Waals surface area contributed by atoms with Gasteiger partial charge in [-0.15, -0.1) is 0 Å². The molecule has 3 heteroatoms. The Labute approximate surface area is 77.9 Å². The Morgan fingerprint density at radius 3 is 2.67 bits per heavy atom. The monoisotopic (exact) mass is 184 g/mol. The first-order valence-electron chi connectivity index (χ1n) is 3.91. The molecule has 0 saturated carbocycles. The van der Waals surface area contributed by atoms with E-state index in [0.29, 0.717) is 6.54 Å². The van der Waals surface area contributed by atoms with Crippen molar-refractivity contribution in [1.82, 2.24) is 0 Å². The molecule has 0 unspecified atom stereocenters. The first-order chi connectivity index (χ1) is 5.75. The molecule has 0 spiro atoms. The van der Waals surface area contributed by atoms with Gasteiger partial charge in [0, 0.05) is 20.1 Å². The summed E-state index contributed by atoms with van der Waals surface area (Å²) in [6, 6.07) is 7.75. The van der Waals surface area contributed by atoms with Gasteiger partial charge in [0.25, 0.3) is 0 Å². The van der Waals surface area contributed by atoms with Gasteiger partial charge in [0.1, 0.15) is 0 Å². The van der Waals surface area contributed by atoms with Crippen molar-refractivity contribution in [2.45, 2.75) is 0 Å². The van der Waals surface area contributed by atoms with Gasteiger partial charge in [-0.25, -0.2) is 0 Å². The summed E-state index contributed by atoms with van der Waals surface area (Å²) in [5, 5.41) is 0.772. The molecule has 0 atom stereocenters. The molecule has 2 nitrogen and oxygen atoms in total. The van der Waals surface area contributed by atoms with Gasteiger partial charge in [0.2, 0.25) is 0 Å². The lowest BCUT2D eigenvalue weighted by atomic mass is 10.3. The molecule has 0 radical (unpaired) electrons. The maximum Gasteiger partial charge on any atom is 0.0639 e. The van der Waals surface area contributed by atoms with Crippen molar-refractivity contribution in [2.24, 2.45) is 5.73 Å². The van der Waals surface area contributed by atoms with E-state index in [1.54, 1.807) is 0 Å². The van der Waals surface area contributed by atoms with Crippen LogP contribution in [-0.4, -0.2) is 20.1 Å². The molecule has 0 heterocycles. The second kappa shape index (κ2) is 4.33. The third kappa shape index (κ3) is 2.13. The van der Waals surface area contributed by atoms with Crippen molar-refractivity contribution < 1.29 is 0 Å². The minimum Gasteiger partial charge on any atom is -0.372 e. The number of halogens is 1. The van der Waals surface area contributed by atoms with Gasteiger partial charge in [0.15, 0.2) is 0 Å². The van der Waals surface area contributed by atoms with Crippen LogP contribution in [0.3, 0.4) is 0 Å². The minimum absolute atomic E-state index is 0.641. The van der Waals surface area contributed by atoms with E-state index in [2.05, 4.69) is 0 Å². The molecular weight excluding hydrogens is 172 g/mol. The van der Waals surface area contributed by atoms with Crippen LogP contribution < -0.4 is 10.6 Å². The van der Waals surface area contributed by atoms with Crippen molar-refractivity contribution in [3.05, 3.63) is 29.3 Å². The molecule has 0 fully saturated rings. The summed E-state index contributed by atoms with van der Waals surface area (Å²) in [4.78, 5) is 2.04. The Morgan fingerprint density at radius 2 is 2.08 bits per heavy atom. The summed E-state index contributed by atoms with van der Waals surface area (Å²) < 4.78 is 0. The van der Waals surface area contributed by atoms with Crippen molar-refractivity contribution >= 4 is 17.3 Å². The smallest absolute Gasteiger partial charge is 0.0639 e. The van der Waals surface area contributed by atoms with Crippen LogP contribution in [0.5, 0.6) is 0 Å². The highest BCUT2D eigenvalue weighted by Crippen LogP contribution is 2.23. The molecule has 1 rings (SSSR count). The largest absolute Gasteiger partial charge is 0.372 e. The first kappa shape index (κ1) is 9.36. The molecule has 0 aliphatic rings. The van der Waals surface area contributed by atoms with Crippen LogP contribution >= 0.6 is 11.6 Å². The highest BCUT2D eigenvalue weighted by atomic mass is 35.5. The second-order valence-electron chi connectivity index (χ2n) is 2.66. The third-order valence-corrected chi connectivity index (χ3v) is 2.05. The Balaban J connectivity index is 2.79. The molecule has 0 amide bonds. The van der Waals surface area contributed by atoms with Crippen LogP contribution in [0.15, 0.2) is 24.3 Å². The zero-order valence-electron chi connectivity index (χ0n) is 7.13. The molecule has 0 aromatic heterocycles. The van der Waals surface area contributed by atoms with Gasteiger partial charge in [-0.2, -0.15) is 0 Å². The number of nitrogens with two attached hydrogens (primary N) is 1. The standard InChI is InChI=1S/C9H13ClN2/c1-12(7-6-11)9-5-3-2-4-8(9)10/h2-5H,6-7,11H2,1H3. The highest BCUT2D eigenvalue weighted by Gasteiger charge is 2.02. The lowest BCUT2D eigenvalue weighted by Gasteiger charge is -2.19. The number of hydrogen-bond donors (Lipinski definition) is 1. The summed E-state index contributed by atoms with van der Waals surface area (Å²) >= 11 is 5.97. The molecule has 12 heavy (non-hydrogen) atoms. The molecule has 2 N–H and O–H groups in total. The average Bonchev–Trinajstić information content (AvgIpc) is 2.05. The molecule has 0 aliphatic heterocycles. The van der Waals surface area contributed by atoms with E-state index >= 15 is 0 Å². The van der Waals surface area contributed by atoms with Crippen molar-refractivity contribution in [2.75, 3.05) is 25.0 Å². The van der Waals surface area contributed by atoms with Crippen molar-refractivity contribution in [3.63, 3.8) is 0 Å². The fourth-order valence-electron chi connectivity index (χ4n) is 1.08. The Kier molecular flexibility index (Phi) is 3.38. The van der Waals surface area contributed by atoms with Gasteiger partial charge in [-0.3, -0.25) is 0 Å². The number of likely N-dealkylation sites (N-methyl/N-ethyl adjacent to an activating group) is 1. The Hall–Kier alpha value is -0.730. The molecule has 66 valence electrons. The van der Waals surface area contributed by atoms with E-state index in [1.165, 1.54) is 0 Å². The number of benzene rings is 1. The van der Waals surface area contributed by atoms with E-state index in [-0.39, 0.29) is 0 Å². The van der Waals surface area contributed by atoms with Crippen LogP contribution in [0.1, 0.15) is 0 Å². The number of hydrogen-bond acceptors (Lipinski definition) is 2. The molecule has 1 aromatic carbocycles. The van der Waals surface area contributed by atoms with Crippen molar-refractivity contribution in [1.29, 1.82) is 0 Å². The molecular formula is C9H13ClN2. The number of para-hydroxylation sites is 1. The van der Waals surface area contributed by atoms with E-state index in [4.69, 9.17) is 17.3 Å². The average molecular weight is 185 g/mol. The van der Waals surface area contributed by atoms with Crippen LogP contribution in [0, 0.1) is 0 Å². The Bertz CT molecular complexity index is 250. The van der Waals surface area contributed by atoms with Gasteiger partial charge >= 0.3 is 0 Å². The summed E-state index contributed by atoms with van der Waals surface area (Å²) in [5.74, 6) is 0. The van der Waals surface area contributed by atoms with Gasteiger partial charge in [-0.05, 0) is 12.1 Å². The maximum absolute atomic E-state index is 5.97. The summed E-state index contributed by atoms with van der Waals surface area (Å²) in [7, 11) is 1.98. The van der Waals surface area contributed by atoms with Crippen molar-refractivity contribution in [3.8, 4) is 0 Å². The summed E-state index contributed by atoms with van der Waals surface area (Å²) in [6.45, 7) is 1.46. The lowest BCUT2D eigenvalue weighted by Crippen LogP contribution is -2.25. The normalized spacial score (nSPS) is 9.92. The number of anilines is 1. The Morgan fingerprint density at radius 1 is 1.42 bits per heavy atom. The number of nitrogens with zero attached hydrogens (tertiary/aromatic N) is 1. The van der Waals surface area contributed by atoms with Crippen LogP contribution in [0.2, 0.25) is 5.02 Å². The van der Waals surface area contributed by atoms with Crippen LogP contribution in [-0.2, 0) is 0 Å². The highest BCUT2D eigenvalue weighted by molar-refractivity contribution is 6.33. The second-order valence-corrected chi connectivity index (χ2v) is 3.07. The quantitative estimate of drug-likeness (QED) is 0.776. The van der Waals surface area contributed by atoms with E-state index in [0.717, 1.165) is 17.3 Å². The summed E-state index contributed by atoms with van der Waals surface area (Å²) in [6.07, 6.45) is 0. The topological polar surface area (TPSA) is 29.3 Å². The fourth-order valence-corrected chi connectivity index (χ4v) is 1.36. The van der Waals surface area contributed by atoms with Crippen LogP contribution in [0.4, 0.5) is 5.69 Å². The zero-order chi connectivity index (χ0) is 8.97. The van der Waals surface area contributed by atoms with E-state index in [9.17, 15) is 0 Å². The van der Waals surface area contributed by atoms with Gasteiger partial charge in [0.05, 0.1) is 10.7 Å². The molecule has 0 bridgehead atoms. The zero-order valence-corrected chi connectivity index (χ0v) is 7.88. The third-order valence-electron chi connectivity index (χ3n) is 1.73. The van der Waals surface area contributed by atoms with E-state index in [1.807, 2.05) is 36.2 Å². The first-order valence-corrected chi connectivity index (χ1v) is 4.29. The summed E-state index contributed by atoms with van der Waals surface area (Å²) in [5.41, 5.74) is 6.46. The van der Waals surface area contributed by atoms with Gasteiger partial charge < -0.3 is 10.6 Å². The maximum atomic E-state index is 5.97. The fraction of sp³-hybridized carbons (Fsp3) is 0.333. The predicted molar refractivity (Wildman–Crippen MR) is 53.8 cm³/mol. The van der Waals surface area contributed by atoms with Gasteiger partial charge in [-0.1, -0.05) is 23.7 Å². The molecule has 1 aromatic rings. The SMILES string of the molecule is CN(CCN)c1ccccc1Cl. The lowest BCUT2D eigenvalue weighted by molar-refractivity contribution is 0.886. The molecule has 0 aliphatic carbocycles.